The Bertz CT molecular complexity index is 955. The minimum absolute atomic E-state index is 0.0867. The maximum Gasteiger partial charge on any atom is 0.150 e. The molecule has 7 heteroatoms. The molecule has 0 saturated carbocycles. The largest absolute Gasteiger partial charge is 0.496 e. The van der Waals surface area contributed by atoms with Gasteiger partial charge in [-0.2, -0.15) is 5.26 Å². The van der Waals surface area contributed by atoms with E-state index in [2.05, 4.69) is 10.3 Å². The zero-order chi connectivity index (χ0) is 18.7. The van der Waals surface area contributed by atoms with Crippen LogP contribution in [0.3, 0.4) is 0 Å². The summed E-state index contributed by atoms with van der Waals surface area (Å²) in [5.41, 5.74) is 0.256. The average Bonchev–Trinajstić information content (AvgIpc) is 3.07. The van der Waals surface area contributed by atoms with Gasteiger partial charge in [0.05, 0.1) is 18.7 Å². The summed E-state index contributed by atoms with van der Waals surface area (Å²) in [6.07, 6.45) is 3.34. The van der Waals surface area contributed by atoms with E-state index in [0.717, 1.165) is 12.1 Å². The number of para-hydroxylation sites is 1. The topological polar surface area (TPSA) is 62.9 Å². The Morgan fingerprint density at radius 3 is 2.50 bits per heavy atom. The van der Waals surface area contributed by atoms with Gasteiger partial charge in [-0.3, -0.25) is 0 Å². The summed E-state index contributed by atoms with van der Waals surface area (Å²) in [7, 11) is 3.31. The van der Waals surface area contributed by atoms with Crippen LogP contribution in [0.2, 0.25) is 0 Å². The van der Waals surface area contributed by atoms with Crippen LogP contribution in [0, 0.1) is 23.0 Å². The predicted molar refractivity (Wildman–Crippen MR) is 92.7 cm³/mol. The SMILES string of the molecule is COc1ccccc1C(Nc1c(F)cc(C#N)cc1F)c1nccn1C. The van der Waals surface area contributed by atoms with Crippen LogP contribution in [0.1, 0.15) is 23.0 Å². The van der Waals surface area contributed by atoms with Gasteiger partial charge in [0.1, 0.15) is 23.3 Å². The molecule has 3 rings (SSSR count). The summed E-state index contributed by atoms with van der Waals surface area (Å²) in [6.45, 7) is 0. The van der Waals surface area contributed by atoms with Crippen LogP contribution in [-0.4, -0.2) is 16.7 Å². The lowest BCUT2D eigenvalue weighted by Gasteiger charge is -2.22. The van der Waals surface area contributed by atoms with Crippen molar-refractivity contribution in [2.45, 2.75) is 6.04 Å². The maximum absolute atomic E-state index is 14.4. The smallest absolute Gasteiger partial charge is 0.150 e. The number of imidazole rings is 1. The van der Waals surface area contributed by atoms with E-state index in [0.29, 0.717) is 17.1 Å². The Morgan fingerprint density at radius 1 is 1.23 bits per heavy atom. The number of nitrogens with zero attached hydrogens (tertiary/aromatic N) is 3. The van der Waals surface area contributed by atoms with Gasteiger partial charge < -0.3 is 14.6 Å². The number of benzene rings is 2. The number of halogens is 2. The van der Waals surface area contributed by atoms with Crippen molar-refractivity contribution in [1.29, 1.82) is 5.26 Å². The highest BCUT2D eigenvalue weighted by Crippen LogP contribution is 2.33. The third-order valence-corrected chi connectivity index (χ3v) is 4.03. The van der Waals surface area contributed by atoms with Gasteiger partial charge in [-0.05, 0) is 18.2 Å². The third-order valence-electron chi connectivity index (χ3n) is 4.03. The van der Waals surface area contributed by atoms with Gasteiger partial charge in [-0.15, -0.1) is 0 Å². The second-order valence-corrected chi connectivity index (χ2v) is 5.64. The molecular weight excluding hydrogens is 338 g/mol. The number of hydrogen-bond donors (Lipinski definition) is 1. The zero-order valence-corrected chi connectivity index (χ0v) is 14.2. The van der Waals surface area contributed by atoms with Gasteiger partial charge in [0, 0.05) is 25.0 Å². The fourth-order valence-electron chi connectivity index (χ4n) is 2.76. The third kappa shape index (κ3) is 3.22. The Labute approximate surface area is 149 Å². The van der Waals surface area contributed by atoms with Crippen molar-refractivity contribution < 1.29 is 13.5 Å². The van der Waals surface area contributed by atoms with Gasteiger partial charge >= 0.3 is 0 Å². The van der Waals surface area contributed by atoms with Crippen molar-refractivity contribution in [3.8, 4) is 11.8 Å². The minimum atomic E-state index is -0.851. The summed E-state index contributed by atoms with van der Waals surface area (Å²) in [5, 5.41) is 11.7. The molecule has 0 aliphatic carbocycles. The molecule has 3 aromatic rings. The Hall–Kier alpha value is -3.40. The van der Waals surface area contributed by atoms with E-state index in [9.17, 15) is 8.78 Å². The van der Waals surface area contributed by atoms with Gasteiger partial charge in [-0.1, -0.05) is 18.2 Å². The summed E-state index contributed by atoms with van der Waals surface area (Å²) in [5.74, 6) is -0.591. The first-order chi connectivity index (χ1) is 12.5. The molecule has 0 spiro atoms. The molecule has 5 nitrogen and oxygen atoms in total. The number of methoxy groups -OCH3 is 1. The lowest BCUT2D eigenvalue weighted by atomic mass is 10.0. The van der Waals surface area contributed by atoms with E-state index in [-0.39, 0.29) is 11.3 Å². The second kappa shape index (κ2) is 7.23. The predicted octanol–water partition coefficient (Wildman–Crippen LogP) is 3.78. The van der Waals surface area contributed by atoms with E-state index < -0.39 is 17.7 Å². The van der Waals surface area contributed by atoms with E-state index in [1.807, 2.05) is 0 Å². The molecule has 1 aromatic heterocycles. The standard InChI is InChI=1S/C19H16F2N4O/c1-25-8-7-23-19(25)17(13-5-3-4-6-16(13)26-2)24-18-14(20)9-12(11-22)10-15(18)21/h3-10,17,24H,1-2H3. The molecule has 1 N–H and O–H groups in total. The van der Waals surface area contributed by atoms with Crippen molar-refractivity contribution in [3.63, 3.8) is 0 Å². The fourth-order valence-corrected chi connectivity index (χ4v) is 2.76. The summed E-state index contributed by atoms with van der Waals surface area (Å²) in [6, 6.07) is 10.2. The number of hydrogen-bond acceptors (Lipinski definition) is 4. The molecule has 1 atom stereocenters. The lowest BCUT2D eigenvalue weighted by Crippen LogP contribution is -2.19. The van der Waals surface area contributed by atoms with Crippen molar-refractivity contribution in [2.75, 3.05) is 12.4 Å². The molecule has 0 radical (unpaired) electrons. The van der Waals surface area contributed by atoms with Crippen molar-refractivity contribution >= 4 is 5.69 Å². The average molecular weight is 354 g/mol. The van der Waals surface area contributed by atoms with Crippen LogP contribution in [0.15, 0.2) is 48.8 Å². The number of nitrogens with one attached hydrogen (secondary N) is 1. The Morgan fingerprint density at radius 2 is 1.92 bits per heavy atom. The fraction of sp³-hybridized carbons (Fsp3) is 0.158. The molecule has 26 heavy (non-hydrogen) atoms. The Balaban J connectivity index is 2.12. The van der Waals surface area contributed by atoms with E-state index in [4.69, 9.17) is 10.00 Å². The highest BCUT2D eigenvalue weighted by atomic mass is 19.1. The number of ether oxygens (including phenoxy) is 1. The van der Waals surface area contributed by atoms with Crippen LogP contribution < -0.4 is 10.1 Å². The molecule has 0 bridgehead atoms. The van der Waals surface area contributed by atoms with Crippen molar-refractivity contribution in [2.24, 2.45) is 7.05 Å². The molecule has 0 fully saturated rings. The summed E-state index contributed by atoms with van der Waals surface area (Å²) >= 11 is 0. The van der Waals surface area contributed by atoms with E-state index in [1.54, 1.807) is 54.3 Å². The number of nitriles is 1. The molecule has 132 valence electrons. The summed E-state index contributed by atoms with van der Waals surface area (Å²) < 4.78 is 35.9. The normalized spacial score (nSPS) is 11.7. The zero-order valence-electron chi connectivity index (χ0n) is 14.2. The highest BCUT2D eigenvalue weighted by Gasteiger charge is 2.24. The first kappa shape index (κ1) is 17.4. The van der Waals surface area contributed by atoms with Crippen molar-refractivity contribution in [3.05, 3.63) is 77.4 Å². The van der Waals surface area contributed by atoms with Gasteiger partial charge in [0.2, 0.25) is 0 Å². The molecular formula is C19H16F2N4O. The monoisotopic (exact) mass is 354 g/mol. The number of anilines is 1. The number of aryl methyl sites for hydroxylation is 1. The van der Waals surface area contributed by atoms with Crippen LogP contribution in [0.25, 0.3) is 0 Å². The van der Waals surface area contributed by atoms with Crippen LogP contribution in [0.4, 0.5) is 14.5 Å². The van der Waals surface area contributed by atoms with Crippen LogP contribution >= 0.6 is 0 Å². The van der Waals surface area contributed by atoms with Gasteiger partial charge in [0.25, 0.3) is 0 Å². The molecule has 2 aromatic carbocycles. The van der Waals surface area contributed by atoms with Crippen LogP contribution in [-0.2, 0) is 7.05 Å². The number of aromatic nitrogens is 2. The van der Waals surface area contributed by atoms with E-state index >= 15 is 0 Å². The minimum Gasteiger partial charge on any atom is -0.496 e. The van der Waals surface area contributed by atoms with E-state index in [1.165, 1.54) is 7.11 Å². The molecule has 0 saturated heterocycles. The van der Waals surface area contributed by atoms with Gasteiger partial charge in [0.15, 0.2) is 11.6 Å². The highest BCUT2D eigenvalue weighted by molar-refractivity contribution is 5.54. The molecule has 1 heterocycles. The quantitative estimate of drug-likeness (QED) is 0.757. The van der Waals surface area contributed by atoms with Gasteiger partial charge in [-0.25, -0.2) is 13.8 Å². The first-order valence-corrected chi connectivity index (χ1v) is 7.81. The molecule has 0 aliphatic heterocycles. The second-order valence-electron chi connectivity index (χ2n) is 5.64. The molecule has 1 unspecified atom stereocenters. The molecule has 0 amide bonds. The van der Waals surface area contributed by atoms with Crippen LogP contribution in [0.5, 0.6) is 5.75 Å². The maximum atomic E-state index is 14.4. The van der Waals surface area contributed by atoms with Crippen molar-refractivity contribution in [1.82, 2.24) is 9.55 Å². The molecule has 0 aliphatic rings. The lowest BCUT2D eigenvalue weighted by molar-refractivity contribution is 0.407. The first-order valence-electron chi connectivity index (χ1n) is 7.81. The summed E-state index contributed by atoms with van der Waals surface area (Å²) in [4.78, 5) is 4.30. The number of rotatable bonds is 5. The Kier molecular flexibility index (Phi) is 4.85.